The lowest BCUT2D eigenvalue weighted by molar-refractivity contribution is -0.137. The normalized spacial score (nSPS) is 11.5. The van der Waals surface area contributed by atoms with Crippen LogP contribution < -0.4 is 15.5 Å². The van der Waals surface area contributed by atoms with E-state index in [2.05, 4.69) is 15.8 Å². The Morgan fingerprint density at radius 2 is 1.79 bits per heavy atom. The van der Waals surface area contributed by atoms with E-state index >= 15 is 0 Å². The number of aryl methyl sites for hydroxylation is 1. The Morgan fingerprint density at radius 3 is 2.47 bits per heavy atom. The Kier molecular flexibility index (Phi) is 7.31. The Balaban J connectivity index is 1.76. The lowest BCUT2D eigenvalue weighted by Crippen LogP contribution is -2.32. The maximum atomic E-state index is 13.5. The summed E-state index contributed by atoms with van der Waals surface area (Å²) in [6.45, 7) is 3.28. The summed E-state index contributed by atoms with van der Waals surface area (Å²) in [6.07, 6.45) is -3.28. The number of rotatable bonds is 5. The Hall–Kier alpha value is -3.79. The molecule has 0 saturated carbocycles. The SMILES string of the molecule is COc1ccc(Cl)cc1NC(=O)C(=O)N/N=C\c1cc(C)n(-c2ccccc2C(F)(F)F)c1C. The Bertz CT molecular complexity index is 1270. The van der Waals surface area contributed by atoms with Crippen molar-refractivity contribution in [1.82, 2.24) is 9.99 Å². The quantitative estimate of drug-likeness (QED) is 0.303. The van der Waals surface area contributed by atoms with Crippen LogP contribution in [0.5, 0.6) is 5.75 Å². The van der Waals surface area contributed by atoms with Gasteiger partial charge >= 0.3 is 18.0 Å². The third-order valence-electron chi connectivity index (χ3n) is 4.91. The fraction of sp³-hybridized carbons (Fsp3) is 0.174. The second kappa shape index (κ2) is 10.0. The van der Waals surface area contributed by atoms with Crippen molar-refractivity contribution in [3.8, 4) is 11.4 Å². The zero-order valence-corrected chi connectivity index (χ0v) is 19.1. The molecule has 3 aromatic rings. The molecule has 34 heavy (non-hydrogen) atoms. The highest BCUT2D eigenvalue weighted by Gasteiger charge is 2.34. The zero-order chi connectivity index (χ0) is 25.0. The van der Waals surface area contributed by atoms with Crippen LogP contribution in [-0.2, 0) is 15.8 Å². The van der Waals surface area contributed by atoms with Crippen LogP contribution >= 0.6 is 11.6 Å². The van der Waals surface area contributed by atoms with Crippen molar-refractivity contribution in [3.05, 3.63) is 76.1 Å². The average molecular weight is 493 g/mol. The highest BCUT2D eigenvalue weighted by Crippen LogP contribution is 2.35. The van der Waals surface area contributed by atoms with Crippen molar-refractivity contribution in [1.29, 1.82) is 0 Å². The van der Waals surface area contributed by atoms with Gasteiger partial charge in [0, 0.05) is 22.0 Å². The average Bonchev–Trinajstić information content (AvgIpc) is 3.06. The number of aromatic nitrogens is 1. The molecule has 0 unspecified atom stereocenters. The number of carbonyl (C=O) groups excluding carboxylic acids is 2. The van der Waals surface area contributed by atoms with Crippen molar-refractivity contribution in [3.63, 3.8) is 0 Å². The van der Waals surface area contributed by atoms with Crippen molar-refractivity contribution in [2.24, 2.45) is 5.10 Å². The van der Waals surface area contributed by atoms with Gasteiger partial charge in [-0.05, 0) is 50.2 Å². The molecule has 2 aromatic carbocycles. The summed E-state index contributed by atoms with van der Waals surface area (Å²) >= 11 is 5.90. The molecule has 0 aliphatic rings. The van der Waals surface area contributed by atoms with Gasteiger partial charge in [-0.3, -0.25) is 9.59 Å². The van der Waals surface area contributed by atoms with Crippen LogP contribution in [0, 0.1) is 13.8 Å². The lowest BCUT2D eigenvalue weighted by atomic mass is 10.1. The molecular weight excluding hydrogens is 473 g/mol. The van der Waals surface area contributed by atoms with Crippen molar-refractivity contribution in [2.75, 3.05) is 12.4 Å². The molecule has 7 nitrogen and oxygen atoms in total. The molecular formula is C23H20ClF3N4O3. The number of anilines is 1. The molecule has 2 amide bonds. The molecule has 1 aromatic heterocycles. The summed E-state index contributed by atoms with van der Waals surface area (Å²) < 4.78 is 46.9. The fourth-order valence-corrected chi connectivity index (χ4v) is 3.54. The topological polar surface area (TPSA) is 84.7 Å². The molecule has 3 rings (SSSR count). The monoisotopic (exact) mass is 492 g/mol. The third-order valence-corrected chi connectivity index (χ3v) is 5.14. The summed E-state index contributed by atoms with van der Waals surface area (Å²) in [6, 6.07) is 11.4. The molecule has 0 radical (unpaired) electrons. The molecule has 0 spiro atoms. The number of hydrogen-bond donors (Lipinski definition) is 2. The van der Waals surface area contributed by atoms with E-state index in [-0.39, 0.29) is 11.4 Å². The summed E-state index contributed by atoms with van der Waals surface area (Å²) in [5, 5.41) is 6.47. The Morgan fingerprint density at radius 1 is 1.09 bits per heavy atom. The number of methoxy groups -OCH3 is 1. The predicted octanol–water partition coefficient (Wildman–Crippen LogP) is 4.86. The van der Waals surface area contributed by atoms with E-state index in [1.165, 1.54) is 48.2 Å². The van der Waals surface area contributed by atoms with Crippen molar-refractivity contribution < 1.29 is 27.5 Å². The van der Waals surface area contributed by atoms with E-state index in [1.54, 1.807) is 26.0 Å². The highest BCUT2D eigenvalue weighted by atomic mass is 35.5. The number of para-hydroxylation sites is 1. The zero-order valence-electron chi connectivity index (χ0n) is 18.3. The number of ether oxygens (including phenoxy) is 1. The molecule has 1 heterocycles. The van der Waals surface area contributed by atoms with E-state index in [0.717, 1.165) is 6.07 Å². The number of alkyl halides is 3. The second-order valence-electron chi connectivity index (χ2n) is 7.17. The van der Waals surface area contributed by atoms with Gasteiger partial charge in [-0.15, -0.1) is 0 Å². The fourth-order valence-electron chi connectivity index (χ4n) is 3.37. The van der Waals surface area contributed by atoms with Crippen LogP contribution in [0.4, 0.5) is 18.9 Å². The minimum Gasteiger partial charge on any atom is -0.495 e. The van der Waals surface area contributed by atoms with Gasteiger partial charge in [-0.1, -0.05) is 23.7 Å². The maximum absolute atomic E-state index is 13.5. The van der Waals surface area contributed by atoms with Crippen LogP contribution in [-0.4, -0.2) is 29.7 Å². The first kappa shape index (κ1) is 24.8. The van der Waals surface area contributed by atoms with Gasteiger partial charge in [0.1, 0.15) is 5.75 Å². The van der Waals surface area contributed by atoms with Crippen LogP contribution in [0.1, 0.15) is 22.5 Å². The number of nitrogens with one attached hydrogen (secondary N) is 2. The summed E-state index contributed by atoms with van der Waals surface area (Å²) in [5.74, 6) is -1.77. The summed E-state index contributed by atoms with van der Waals surface area (Å²) in [4.78, 5) is 24.3. The minimum atomic E-state index is -4.53. The van der Waals surface area contributed by atoms with Gasteiger partial charge in [0.15, 0.2) is 0 Å². The molecule has 0 saturated heterocycles. The first-order valence-corrected chi connectivity index (χ1v) is 10.2. The third kappa shape index (κ3) is 5.40. The van der Waals surface area contributed by atoms with E-state index in [0.29, 0.717) is 27.7 Å². The van der Waals surface area contributed by atoms with Gasteiger partial charge < -0.3 is 14.6 Å². The summed E-state index contributed by atoms with van der Waals surface area (Å²) in [7, 11) is 1.40. The van der Waals surface area contributed by atoms with Gasteiger partial charge in [0.05, 0.1) is 30.3 Å². The molecule has 0 bridgehead atoms. The number of carbonyl (C=O) groups is 2. The molecule has 0 aliphatic heterocycles. The number of nitrogens with zero attached hydrogens (tertiary/aromatic N) is 2. The van der Waals surface area contributed by atoms with E-state index in [1.807, 2.05) is 0 Å². The van der Waals surface area contributed by atoms with Crippen LogP contribution in [0.25, 0.3) is 5.69 Å². The first-order valence-electron chi connectivity index (χ1n) is 9.86. The maximum Gasteiger partial charge on any atom is 0.418 e. The molecule has 178 valence electrons. The van der Waals surface area contributed by atoms with E-state index in [9.17, 15) is 22.8 Å². The Labute approximate surface area is 198 Å². The molecule has 0 atom stereocenters. The first-order chi connectivity index (χ1) is 16.0. The number of benzene rings is 2. The standard InChI is InChI=1S/C23H20ClF3N4O3/c1-13-10-15(14(2)31(13)19-7-5-4-6-17(19)23(25,26)27)12-28-30-22(33)21(32)29-18-11-16(24)8-9-20(18)34-3/h4-12H,1-3H3,(H,29,32)(H,30,33)/b28-12-. The minimum absolute atomic E-state index is 0.0245. The summed E-state index contributed by atoms with van der Waals surface area (Å²) in [5.41, 5.74) is 2.96. The van der Waals surface area contributed by atoms with Crippen molar-refractivity contribution in [2.45, 2.75) is 20.0 Å². The predicted molar refractivity (Wildman–Crippen MR) is 123 cm³/mol. The smallest absolute Gasteiger partial charge is 0.418 e. The molecule has 0 aliphatic carbocycles. The number of hydrogen-bond acceptors (Lipinski definition) is 4. The number of halogens is 4. The van der Waals surface area contributed by atoms with Crippen LogP contribution in [0.3, 0.4) is 0 Å². The second-order valence-corrected chi connectivity index (χ2v) is 7.61. The largest absolute Gasteiger partial charge is 0.495 e. The molecule has 2 N–H and O–H groups in total. The van der Waals surface area contributed by atoms with Gasteiger partial charge in [-0.25, -0.2) is 5.43 Å². The van der Waals surface area contributed by atoms with Gasteiger partial charge in [0.2, 0.25) is 0 Å². The number of hydrazone groups is 1. The lowest BCUT2D eigenvalue weighted by Gasteiger charge is -2.16. The number of amides is 2. The highest BCUT2D eigenvalue weighted by molar-refractivity contribution is 6.40. The van der Waals surface area contributed by atoms with Gasteiger partial charge in [0.25, 0.3) is 0 Å². The van der Waals surface area contributed by atoms with E-state index in [4.69, 9.17) is 16.3 Å². The van der Waals surface area contributed by atoms with E-state index < -0.39 is 23.6 Å². The van der Waals surface area contributed by atoms with Crippen LogP contribution in [0.2, 0.25) is 5.02 Å². The molecule has 11 heteroatoms. The molecule has 0 fully saturated rings. The van der Waals surface area contributed by atoms with Crippen LogP contribution in [0.15, 0.2) is 53.6 Å². The van der Waals surface area contributed by atoms with Crippen molar-refractivity contribution >= 4 is 35.3 Å². The van der Waals surface area contributed by atoms with Gasteiger partial charge in [-0.2, -0.15) is 18.3 Å².